The Morgan fingerprint density at radius 1 is 1.05 bits per heavy atom. The summed E-state index contributed by atoms with van der Waals surface area (Å²) < 4.78 is 40.1. The van der Waals surface area contributed by atoms with E-state index in [1.807, 2.05) is 0 Å². The van der Waals surface area contributed by atoms with E-state index in [1.165, 1.54) is 20.1 Å². The molecular weight excluding hydrogens is 502 g/mol. The van der Waals surface area contributed by atoms with Crippen molar-refractivity contribution in [3.63, 3.8) is 0 Å². The van der Waals surface area contributed by atoms with E-state index in [4.69, 9.17) is 33.2 Å². The van der Waals surface area contributed by atoms with Crippen LogP contribution < -0.4 is 14.8 Å². The maximum absolute atomic E-state index is 12.3. The quantitative estimate of drug-likeness (QED) is 0.455. The Morgan fingerprint density at radius 2 is 1.79 bits per heavy atom. The average molecular weight is 532 g/mol. The number of ether oxygens (including phenoxy) is 7. The van der Waals surface area contributed by atoms with E-state index < -0.39 is 61.4 Å². The van der Waals surface area contributed by atoms with Gasteiger partial charge in [0.2, 0.25) is 12.2 Å². The molecule has 6 unspecified atom stereocenters. The summed E-state index contributed by atoms with van der Waals surface area (Å²) in [7, 11) is 2.80. The van der Waals surface area contributed by atoms with Gasteiger partial charge in [-0.25, -0.2) is 9.59 Å². The van der Waals surface area contributed by atoms with Gasteiger partial charge in [0.25, 0.3) is 0 Å². The highest BCUT2D eigenvalue weighted by Gasteiger charge is 2.52. The Morgan fingerprint density at radius 3 is 2.45 bits per heavy atom. The first-order valence-corrected chi connectivity index (χ1v) is 11.8. The van der Waals surface area contributed by atoms with Gasteiger partial charge in [0, 0.05) is 12.5 Å². The fourth-order valence-corrected chi connectivity index (χ4v) is 4.33. The second kappa shape index (κ2) is 12.2. The van der Waals surface area contributed by atoms with Gasteiger partial charge in [0.1, 0.15) is 48.0 Å². The Balaban J connectivity index is 1.64. The molecule has 4 rings (SSSR count). The Labute approximate surface area is 218 Å². The standard InChI is InChI=1S/C26H29NO11/c1-14(28)27-21-23(34-13-20(29)30)22-19(12-35-25(38-22)15-8-10-16(32-2)11-9-15)37-26(21)36-18-7-5-4-6-17(18)24(31)33-3/h4-11,19,21-23,25-26H,12-13H2,1-3H3,(H,27,28)(H,29,30). The molecule has 2 fully saturated rings. The molecule has 12 nitrogen and oxygen atoms in total. The van der Waals surface area contributed by atoms with Crippen molar-refractivity contribution in [1.29, 1.82) is 0 Å². The van der Waals surface area contributed by atoms with Gasteiger partial charge in [0.15, 0.2) is 6.29 Å². The zero-order valence-electron chi connectivity index (χ0n) is 21.0. The minimum Gasteiger partial charge on any atom is -0.497 e. The minimum absolute atomic E-state index is 0.0552. The third-order valence-corrected chi connectivity index (χ3v) is 6.03. The maximum Gasteiger partial charge on any atom is 0.341 e. The van der Waals surface area contributed by atoms with Crippen LogP contribution in [0.25, 0.3) is 0 Å². The third-order valence-electron chi connectivity index (χ3n) is 6.03. The monoisotopic (exact) mass is 531 g/mol. The average Bonchev–Trinajstić information content (AvgIpc) is 2.92. The summed E-state index contributed by atoms with van der Waals surface area (Å²) in [6.45, 7) is 0.692. The number of hydrogen-bond donors (Lipinski definition) is 2. The largest absolute Gasteiger partial charge is 0.497 e. The molecule has 0 bridgehead atoms. The van der Waals surface area contributed by atoms with Gasteiger partial charge in [0.05, 0.1) is 20.8 Å². The van der Waals surface area contributed by atoms with Crippen LogP contribution in [0.1, 0.15) is 29.1 Å². The number of benzene rings is 2. The number of para-hydroxylation sites is 1. The highest BCUT2D eigenvalue weighted by Crippen LogP contribution is 2.37. The number of carboxylic acids is 1. The first-order valence-electron chi connectivity index (χ1n) is 11.8. The van der Waals surface area contributed by atoms with E-state index in [1.54, 1.807) is 49.6 Å². The minimum atomic E-state index is -1.21. The molecule has 12 heteroatoms. The number of rotatable bonds is 9. The van der Waals surface area contributed by atoms with Gasteiger partial charge in [-0.2, -0.15) is 0 Å². The fourth-order valence-electron chi connectivity index (χ4n) is 4.33. The molecule has 2 heterocycles. The molecule has 2 N–H and O–H groups in total. The smallest absolute Gasteiger partial charge is 0.341 e. The highest BCUT2D eigenvalue weighted by atomic mass is 16.8. The summed E-state index contributed by atoms with van der Waals surface area (Å²) in [5.74, 6) is -1.47. The van der Waals surface area contributed by atoms with Crippen molar-refractivity contribution in [3.05, 3.63) is 59.7 Å². The molecule has 0 spiro atoms. The third kappa shape index (κ3) is 6.22. The number of nitrogens with one attached hydrogen (secondary N) is 1. The van der Waals surface area contributed by atoms with Crippen molar-refractivity contribution in [1.82, 2.24) is 5.32 Å². The molecule has 0 aliphatic carbocycles. The summed E-state index contributed by atoms with van der Waals surface area (Å²) in [5.41, 5.74) is 0.837. The summed E-state index contributed by atoms with van der Waals surface area (Å²) in [6, 6.07) is 12.4. The van der Waals surface area contributed by atoms with Crippen LogP contribution in [0, 0.1) is 0 Å². The lowest BCUT2D eigenvalue weighted by Crippen LogP contribution is -2.68. The van der Waals surface area contributed by atoms with Crippen molar-refractivity contribution >= 4 is 17.8 Å². The maximum atomic E-state index is 12.3. The second-order valence-corrected chi connectivity index (χ2v) is 8.58. The molecular formula is C26H29NO11. The van der Waals surface area contributed by atoms with Crippen LogP contribution in [0.15, 0.2) is 48.5 Å². The van der Waals surface area contributed by atoms with Crippen molar-refractivity contribution in [2.75, 3.05) is 27.4 Å². The van der Waals surface area contributed by atoms with Gasteiger partial charge in [-0.1, -0.05) is 24.3 Å². The number of carbonyl (C=O) groups excluding carboxylic acids is 2. The normalized spacial score (nSPS) is 26.5. The number of hydrogen-bond acceptors (Lipinski definition) is 10. The lowest BCUT2D eigenvalue weighted by molar-refractivity contribution is -0.337. The molecule has 2 aliphatic rings. The molecule has 204 valence electrons. The summed E-state index contributed by atoms with van der Waals surface area (Å²) in [4.78, 5) is 35.8. The number of carboxylic acid groups (broad SMARTS) is 1. The highest BCUT2D eigenvalue weighted by molar-refractivity contribution is 5.92. The van der Waals surface area contributed by atoms with Gasteiger partial charge in [-0.15, -0.1) is 0 Å². The van der Waals surface area contributed by atoms with Gasteiger partial charge in [-0.3, -0.25) is 4.79 Å². The van der Waals surface area contributed by atoms with Crippen LogP contribution in [0.2, 0.25) is 0 Å². The Hall–Kier alpha value is -3.71. The first-order chi connectivity index (χ1) is 18.3. The van der Waals surface area contributed by atoms with Crippen molar-refractivity contribution in [2.45, 2.75) is 43.9 Å². The summed E-state index contributed by atoms with van der Waals surface area (Å²) in [6.07, 6.45) is -4.58. The molecule has 2 aromatic carbocycles. The predicted molar refractivity (Wildman–Crippen MR) is 129 cm³/mol. The summed E-state index contributed by atoms with van der Waals surface area (Å²) in [5, 5.41) is 12.0. The SMILES string of the molecule is COC(=O)c1ccccc1OC1OC2COC(c3ccc(OC)cc3)OC2C(OCC(=O)O)C1NC(C)=O. The number of methoxy groups -OCH3 is 2. The van der Waals surface area contributed by atoms with Crippen molar-refractivity contribution in [2.24, 2.45) is 0 Å². The van der Waals surface area contributed by atoms with E-state index in [9.17, 15) is 19.5 Å². The number of fused-ring (bicyclic) bond motifs is 1. The molecule has 0 saturated carbocycles. The molecule has 2 saturated heterocycles. The van der Waals surface area contributed by atoms with Gasteiger partial charge >= 0.3 is 11.9 Å². The predicted octanol–water partition coefficient (Wildman–Crippen LogP) is 1.67. The van der Waals surface area contributed by atoms with E-state index in [0.29, 0.717) is 11.3 Å². The van der Waals surface area contributed by atoms with E-state index >= 15 is 0 Å². The van der Waals surface area contributed by atoms with E-state index in [0.717, 1.165) is 0 Å². The number of esters is 1. The molecule has 2 aliphatic heterocycles. The molecule has 0 radical (unpaired) electrons. The zero-order valence-corrected chi connectivity index (χ0v) is 21.0. The van der Waals surface area contributed by atoms with Crippen LogP contribution in [0.4, 0.5) is 0 Å². The van der Waals surface area contributed by atoms with Gasteiger partial charge < -0.3 is 43.6 Å². The van der Waals surface area contributed by atoms with Crippen molar-refractivity contribution in [3.8, 4) is 11.5 Å². The van der Waals surface area contributed by atoms with Crippen LogP contribution in [0.5, 0.6) is 11.5 Å². The van der Waals surface area contributed by atoms with Crippen LogP contribution >= 0.6 is 0 Å². The lowest BCUT2D eigenvalue weighted by atomic mass is 9.95. The Kier molecular flexibility index (Phi) is 8.79. The van der Waals surface area contributed by atoms with Crippen molar-refractivity contribution < 1.29 is 52.6 Å². The van der Waals surface area contributed by atoms with Gasteiger partial charge in [-0.05, 0) is 24.3 Å². The second-order valence-electron chi connectivity index (χ2n) is 8.58. The topological polar surface area (TPSA) is 148 Å². The number of aliphatic carboxylic acids is 1. The Bertz CT molecular complexity index is 1140. The zero-order chi connectivity index (χ0) is 27.2. The molecule has 0 aromatic heterocycles. The first kappa shape index (κ1) is 27.3. The molecule has 2 aromatic rings. The van der Waals surface area contributed by atoms with Crippen LogP contribution in [0.3, 0.4) is 0 Å². The lowest BCUT2D eigenvalue weighted by Gasteiger charge is -2.49. The van der Waals surface area contributed by atoms with Crippen LogP contribution in [-0.4, -0.2) is 81.0 Å². The fraction of sp³-hybridized carbons (Fsp3) is 0.423. The number of amides is 1. The van der Waals surface area contributed by atoms with Crippen LogP contribution in [-0.2, 0) is 33.3 Å². The summed E-state index contributed by atoms with van der Waals surface area (Å²) >= 11 is 0. The number of carbonyl (C=O) groups is 3. The molecule has 38 heavy (non-hydrogen) atoms. The molecule has 1 amide bonds. The van der Waals surface area contributed by atoms with E-state index in [-0.39, 0.29) is 17.9 Å². The molecule has 6 atom stereocenters. The van der Waals surface area contributed by atoms with E-state index in [2.05, 4.69) is 5.32 Å².